The molecule has 0 spiro atoms. The fraction of sp³-hybridized carbons (Fsp3) is 0.385. The van der Waals surface area contributed by atoms with Crippen molar-refractivity contribution in [1.82, 2.24) is 10.6 Å². The number of carbonyl (C=O) groups excluding carboxylic acids is 1. The van der Waals surface area contributed by atoms with Crippen LogP contribution in [0, 0.1) is 0 Å². The van der Waals surface area contributed by atoms with E-state index in [9.17, 15) is 9.59 Å². The molecule has 0 aliphatic heterocycles. The number of amides is 2. The van der Waals surface area contributed by atoms with Crippen LogP contribution in [-0.4, -0.2) is 34.9 Å². The Morgan fingerprint density at radius 2 is 1.90 bits per heavy atom. The number of halogens is 1. The minimum absolute atomic E-state index is 0.0323. The lowest BCUT2D eigenvalue weighted by Gasteiger charge is -2.15. The van der Waals surface area contributed by atoms with E-state index in [2.05, 4.69) is 26.6 Å². The minimum Gasteiger partial charge on any atom is -0.479 e. The van der Waals surface area contributed by atoms with E-state index in [1.807, 2.05) is 31.2 Å². The van der Waals surface area contributed by atoms with E-state index >= 15 is 0 Å². The zero-order valence-corrected chi connectivity index (χ0v) is 12.6. The molecule has 1 rings (SSSR count). The summed E-state index contributed by atoms with van der Waals surface area (Å²) in [4.78, 5) is 22.0. The Morgan fingerprint density at radius 1 is 1.30 bits per heavy atom. The third kappa shape index (κ3) is 5.58. The van der Waals surface area contributed by atoms with Gasteiger partial charge < -0.3 is 20.8 Å². The highest BCUT2D eigenvalue weighted by Crippen LogP contribution is 2.16. The Kier molecular flexibility index (Phi) is 6.47. The molecule has 6 nitrogen and oxygen atoms in total. The van der Waals surface area contributed by atoms with Crippen LogP contribution in [0.4, 0.5) is 4.79 Å². The summed E-state index contributed by atoms with van der Waals surface area (Å²) in [6, 6.07) is 6.97. The minimum atomic E-state index is -1.46. The predicted molar refractivity (Wildman–Crippen MR) is 77.4 cm³/mol. The fourth-order valence-electron chi connectivity index (χ4n) is 1.53. The first-order valence-corrected chi connectivity index (χ1v) is 6.90. The van der Waals surface area contributed by atoms with Crippen LogP contribution in [0.3, 0.4) is 0 Å². The summed E-state index contributed by atoms with van der Waals surface area (Å²) in [6.45, 7) is 1.93. The summed E-state index contributed by atoms with van der Waals surface area (Å²) in [5.41, 5.74) is 0.953. The van der Waals surface area contributed by atoms with Crippen LogP contribution in [0.15, 0.2) is 28.7 Å². The molecular weight excluding hydrogens is 328 g/mol. The predicted octanol–water partition coefficient (Wildman–Crippen LogP) is 1.64. The maximum atomic E-state index is 11.6. The van der Waals surface area contributed by atoms with Gasteiger partial charge in [-0.15, -0.1) is 0 Å². The van der Waals surface area contributed by atoms with Crippen molar-refractivity contribution in [1.29, 1.82) is 0 Å². The number of benzene rings is 1. The first kappa shape index (κ1) is 16.5. The maximum absolute atomic E-state index is 11.6. The van der Waals surface area contributed by atoms with Crippen LogP contribution in [0.1, 0.15) is 24.9 Å². The Hall–Kier alpha value is -1.60. The van der Waals surface area contributed by atoms with Crippen molar-refractivity contribution in [3.05, 3.63) is 34.3 Å². The van der Waals surface area contributed by atoms with Crippen molar-refractivity contribution in [3.8, 4) is 0 Å². The van der Waals surface area contributed by atoms with E-state index in [1.165, 1.54) is 0 Å². The number of hydrogen-bond acceptors (Lipinski definition) is 3. The summed E-state index contributed by atoms with van der Waals surface area (Å²) in [5, 5.41) is 22.8. The molecule has 0 fully saturated rings. The van der Waals surface area contributed by atoms with Gasteiger partial charge in [-0.3, -0.25) is 0 Å². The molecule has 7 heteroatoms. The van der Waals surface area contributed by atoms with E-state index in [0.29, 0.717) is 0 Å². The van der Waals surface area contributed by atoms with E-state index < -0.39 is 18.1 Å². The van der Waals surface area contributed by atoms with E-state index in [0.717, 1.165) is 10.0 Å². The molecule has 0 bridgehead atoms. The Labute approximate surface area is 125 Å². The summed E-state index contributed by atoms with van der Waals surface area (Å²) >= 11 is 3.33. The van der Waals surface area contributed by atoms with Crippen molar-refractivity contribution in [2.45, 2.75) is 25.5 Å². The summed E-state index contributed by atoms with van der Waals surface area (Å²) < 4.78 is 0.959. The molecule has 0 saturated carbocycles. The highest BCUT2D eigenvalue weighted by atomic mass is 79.9. The van der Waals surface area contributed by atoms with E-state index in [1.54, 1.807) is 0 Å². The van der Waals surface area contributed by atoms with Gasteiger partial charge in [0.05, 0.1) is 6.04 Å². The van der Waals surface area contributed by atoms with Crippen LogP contribution in [-0.2, 0) is 4.79 Å². The van der Waals surface area contributed by atoms with E-state index in [-0.39, 0.29) is 19.0 Å². The first-order chi connectivity index (χ1) is 9.40. The third-order valence-corrected chi connectivity index (χ3v) is 3.23. The number of hydrogen-bond donors (Lipinski definition) is 4. The number of aliphatic carboxylic acids is 1. The number of carboxylic acid groups (broad SMARTS) is 1. The lowest BCUT2D eigenvalue weighted by molar-refractivity contribution is -0.146. The van der Waals surface area contributed by atoms with Gasteiger partial charge in [0.1, 0.15) is 0 Å². The van der Waals surface area contributed by atoms with Crippen molar-refractivity contribution in [2.75, 3.05) is 6.54 Å². The van der Waals surface area contributed by atoms with Crippen LogP contribution in [0.2, 0.25) is 0 Å². The molecule has 110 valence electrons. The van der Waals surface area contributed by atoms with Gasteiger partial charge in [-0.05, 0) is 24.6 Å². The number of aliphatic hydroxyl groups is 1. The second kappa shape index (κ2) is 7.86. The van der Waals surface area contributed by atoms with Gasteiger partial charge in [-0.2, -0.15) is 0 Å². The number of rotatable bonds is 6. The van der Waals surface area contributed by atoms with Crippen molar-refractivity contribution < 1.29 is 19.8 Å². The van der Waals surface area contributed by atoms with Crippen molar-refractivity contribution in [2.24, 2.45) is 0 Å². The molecule has 0 aromatic heterocycles. The van der Waals surface area contributed by atoms with Gasteiger partial charge in [0.15, 0.2) is 6.10 Å². The Bertz CT molecular complexity index is 464. The standard InChI is InChI=1S/C13H17BrN2O4/c1-8(9-2-4-10(14)5-3-9)16-13(20)15-7-6-11(17)12(18)19/h2-5,8,11,17H,6-7H2,1H3,(H,18,19)(H2,15,16,20)/t8?,11-/m0/s1. The molecule has 4 N–H and O–H groups in total. The van der Waals surface area contributed by atoms with Crippen LogP contribution in [0.25, 0.3) is 0 Å². The molecule has 1 aromatic carbocycles. The molecule has 2 amide bonds. The maximum Gasteiger partial charge on any atom is 0.332 e. The lowest BCUT2D eigenvalue weighted by atomic mass is 10.1. The smallest absolute Gasteiger partial charge is 0.332 e. The highest BCUT2D eigenvalue weighted by molar-refractivity contribution is 9.10. The zero-order valence-electron chi connectivity index (χ0n) is 11.0. The van der Waals surface area contributed by atoms with Crippen LogP contribution < -0.4 is 10.6 Å². The van der Waals surface area contributed by atoms with Gasteiger partial charge in [0, 0.05) is 17.4 Å². The lowest BCUT2D eigenvalue weighted by Crippen LogP contribution is -2.39. The molecule has 20 heavy (non-hydrogen) atoms. The van der Waals surface area contributed by atoms with Gasteiger partial charge >= 0.3 is 12.0 Å². The fourth-order valence-corrected chi connectivity index (χ4v) is 1.79. The van der Waals surface area contributed by atoms with Gasteiger partial charge in [-0.25, -0.2) is 9.59 Å². The molecule has 0 radical (unpaired) electrons. The average molecular weight is 345 g/mol. The number of aliphatic hydroxyl groups excluding tert-OH is 1. The summed E-state index contributed by atoms with van der Waals surface area (Å²) in [7, 11) is 0. The van der Waals surface area contributed by atoms with Crippen molar-refractivity contribution >= 4 is 27.9 Å². The SMILES string of the molecule is CC(NC(=O)NCC[C@H](O)C(=O)O)c1ccc(Br)cc1. The first-order valence-electron chi connectivity index (χ1n) is 6.11. The topological polar surface area (TPSA) is 98.7 Å². The molecule has 0 aliphatic rings. The zero-order chi connectivity index (χ0) is 15.1. The molecule has 0 aliphatic carbocycles. The van der Waals surface area contributed by atoms with Gasteiger partial charge in [0.25, 0.3) is 0 Å². The van der Waals surface area contributed by atoms with Gasteiger partial charge in [-0.1, -0.05) is 28.1 Å². The molecule has 1 aromatic rings. The second-order valence-corrected chi connectivity index (χ2v) is 5.23. The number of carboxylic acids is 1. The average Bonchev–Trinajstić information content (AvgIpc) is 2.39. The largest absolute Gasteiger partial charge is 0.479 e. The third-order valence-electron chi connectivity index (χ3n) is 2.71. The Balaban J connectivity index is 2.35. The molecular formula is C13H17BrN2O4. The molecule has 0 saturated heterocycles. The number of carbonyl (C=O) groups is 2. The molecule has 0 heterocycles. The summed E-state index contributed by atoms with van der Waals surface area (Å²) in [5.74, 6) is -1.30. The number of nitrogens with one attached hydrogen (secondary N) is 2. The highest BCUT2D eigenvalue weighted by Gasteiger charge is 2.13. The van der Waals surface area contributed by atoms with Crippen LogP contribution >= 0.6 is 15.9 Å². The second-order valence-electron chi connectivity index (χ2n) is 4.32. The number of urea groups is 1. The van der Waals surface area contributed by atoms with Crippen molar-refractivity contribution in [3.63, 3.8) is 0 Å². The quantitative estimate of drug-likeness (QED) is 0.630. The Morgan fingerprint density at radius 3 is 2.45 bits per heavy atom. The van der Waals surface area contributed by atoms with Crippen LogP contribution in [0.5, 0.6) is 0 Å². The normalized spacial score (nSPS) is 13.3. The van der Waals surface area contributed by atoms with E-state index in [4.69, 9.17) is 10.2 Å². The monoisotopic (exact) mass is 344 g/mol. The summed E-state index contributed by atoms with van der Waals surface area (Å²) in [6.07, 6.45) is -1.49. The van der Waals surface area contributed by atoms with Gasteiger partial charge in [0.2, 0.25) is 0 Å². The molecule has 2 atom stereocenters. The molecule has 1 unspecified atom stereocenters.